The Morgan fingerprint density at radius 1 is 1.19 bits per heavy atom. The summed E-state index contributed by atoms with van der Waals surface area (Å²) in [6, 6.07) is 12.2. The number of H-pyrrole nitrogens is 1. The lowest BCUT2D eigenvalue weighted by atomic mass is 9.87. The molecule has 0 amide bonds. The molecule has 1 aromatic heterocycles. The van der Waals surface area contributed by atoms with E-state index in [0.717, 1.165) is 21.9 Å². The highest BCUT2D eigenvalue weighted by Gasteiger charge is 2.29. The number of nitrogen functional groups attached to an aromatic ring is 1. The maximum absolute atomic E-state index is 11.3. The fourth-order valence-electron chi connectivity index (χ4n) is 3.57. The Kier molecular flexibility index (Phi) is 7.09. The Morgan fingerprint density at radius 3 is 2.48 bits per heavy atom. The molecular formula is C22H26N3O5S+. The molecule has 8 nitrogen and oxygen atoms in total. The summed E-state index contributed by atoms with van der Waals surface area (Å²) in [5, 5.41) is 22.4. The first-order valence-corrected chi connectivity index (χ1v) is 10.6. The molecule has 4 N–H and O–H groups in total. The summed E-state index contributed by atoms with van der Waals surface area (Å²) in [5.41, 5.74) is 8.48. The van der Waals surface area contributed by atoms with Gasteiger partial charge in [0.1, 0.15) is 17.2 Å². The van der Waals surface area contributed by atoms with E-state index in [1.807, 2.05) is 31.2 Å². The maximum atomic E-state index is 11.3. The molecule has 0 fully saturated rings. The number of rotatable bonds is 9. The molecule has 2 aromatic carbocycles. The molecule has 0 radical (unpaired) electrons. The second-order valence-corrected chi connectivity index (χ2v) is 8.16. The van der Waals surface area contributed by atoms with Crippen LogP contribution < -0.4 is 20.2 Å². The zero-order valence-electron chi connectivity index (χ0n) is 17.6. The molecule has 0 saturated heterocycles. The molecule has 0 aliphatic heterocycles. The highest BCUT2D eigenvalue weighted by molar-refractivity contribution is 7.15. The number of thiazole rings is 1. The van der Waals surface area contributed by atoms with Crippen LogP contribution in [0.25, 0.3) is 0 Å². The van der Waals surface area contributed by atoms with Crippen LogP contribution in [0, 0.1) is 10.1 Å². The van der Waals surface area contributed by atoms with E-state index in [2.05, 4.69) is 4.98 Å². The van der Waals surface area contributed by atoms with E-state index in [1.54, 1.807) is 13.2 Å². The normalized spacial score (nSPS) is 12.9. The van der Waals surface area contributed by atoms with Crippen LogP contribution in [0.4, 0.5) is 10.8 Å². The molecule has 3 aromatic rings. The molecule has 0 aliphatic carbocycles. The van der Waals surface area contributed by atoms with Gasteiger partial charge in [0.2, 0.25) is 0 Å². The third kappa shape index (κ3) is 4.95. The number of benzene rings is 2. The van der Waals surface area contributed by atoms with E-state index >= 15 is 0 Å². The number of anilines is 1. The highest BCUT2D eigenvalue weighted by atomic mass is 32.1. The summed E-state index contributed by atoms with van der Waals surface area (Å²) in [5.74, 6) is 1.04. The fraction of sp³-hybridized carbons (Fsp3) is 0.318. The number of nitro groups is 1. The molecule has 31 heavy (non-hydrogen) atoms. The molecular weight excluding hydrogens is 418 g/mol. The molecule has 0 bridgehead atoms. The van der Waals surface area contributed by atoms with Crippen LogP contribution in [0.1, 0.15) is 47.1 Å². The predicted molar refractivity (Wildman–Crippen MR) is 119 cm³/mol. The van der Waals surface area contributed by atoms with Gasteiger partial charge in [-0.1, -0.05) is 19.1 Å². The molecule has 3 rings (SSSR count). The van der Waals surface area contributed by atoms with Crippen LogP contribution >= 0.6 is 11.3 Å². The zero-order valence-corrected chi connectivity index (χ0v) is 18.4. The van der Waals surface area contributed by atoms with Crippen molar-refractivity contribution >= 4 is 22.2 Å². The number of nitrogens with one attached hydrogen (secondary N) is 1. The van der Waals surface area contributed by atoms with Gasteiger partial charge >= 0.3 is 5.13 Å². The van der Waals surface area contributed by atoms with Crippen molar-refractivity contribution in [2.24, 2.45) is 0 Å². The number of nitro benzene ring substituents is 1. The first-order valence-electron chi connectivity index (χ1n) is 9.82. The van der Waals surface area contributed by atoms with E-state index in [1.165, 1.54) is 30.6 Å². The number of aromatic nitrogens is 1. The quantitative estimate of drug-likeness (QED) is 0.381. The van der Waals surface area contributed by atoms with Crippen LogP contribution in [-0.2, 0) is 6.42 Å². The molecule has 1 heterocycles. The first-order chi connectivity index (χ1) is 14.9. The second-order valence-electron chi connectivity index (χ2n) is 7.08. The van der Waals surface area contributed by atoms with Gasteiger partial charge in [0, 0.05) is 17.7 Å². The van der Waals surface area contributed by atoms with Crippen molar-refractivity contribution in [1.29, 1.82) is 0 Å². The molecule has 0 aliphatic rings. The van der Waals surface area contributed by atoms with Crippen molar-refractivity contribution in [3.8, 4) is 11.5 Å². The largest absolute Gasteiger partial charge is 0.497 e. The fourth-order valence-corrected chi connectivity index (χ4v) is 4.57. The molecule has 9 heteroatoms. The molecule has 0 saturated carbocycles. The Hall–Kier alpha value is -3.17. The summed E-state index contributed by atoms with van der Waals surface area (Å²) < 4.78 is 10.7. The van der Waals surface area contributed by atoms with Gasteiger partial charge in [-0.25, -0.2) is 4.98 Å². The summed E-state index contributed by atoms with van der Waals surface area (Å²) in [4.78, 5) is 14.9. The molecule has 2 atom stereocenters. The number of methoxy groups -OCH3 is 2. The monoisotopic (exact) mass is 444 g/mol. The van der Waals surface area contributed by atoms with Crippen molar-refractivity contribution in [3.05, 3.63) is 74.3 Å². The SMILES string of the molecule is CCC(O)c1sc(N)[nH+]c1C(Cc1cc([N+](=O)[O-])ccc1OC)c1ccc(OC)cc1. The number of nitrogens with zero attached hydrogens (tertiary/aromatic N) is 1. The van der Waals surface area contributed by atoms with Crippen LogP contribution in [0.5, 0.6) is 11.5 Å². The number of aliphatic hydroxyl groups excluding tert-OH is 1. The van der Waals surface area contributed by atoms with E-state index in [9.17, 15) is 15.2 Å². The van der Waals surface area contributed by atoms with Crippen LogP contribution in [0.15, 0.2) is 42.5 Å². The number of hydrogen-bond acceptors (Lipinski definition) is 7. The van der Waals surface area contributed by atoms with Gasteiger partial charge < -0.3 is 14.6 Å². The van der Waals surface area contributed by atoms with Crippen molar-refractivity contribution in [3.63, 3.8) is 0 Å². The number of hydrogen-bond donors (Lipinski definition) is 2. The summed E-state index contributed by atoms with van der Waals surface area (Å²) in [6.07, 6.45) is 0.283. The summed E-state index contributed by atoms with van der Waals surface area (Å²) in [6.45, 7) is 1.90. The standard InChI is InChI=1S/C22H25N3O5S/c1-4-18(26)21-20(24-22(23)31-21)17(13-5-8-16(29-2)9-6-13)12-14-11-15(25(27)28)7-10-19(14)30-3/h5-11,17-18,26H,4,12H2,1-3H3,(H2,23,24)/p+1. The average molecular weight is 445 g/mol. The molecule has 0 spiro atoms. The molecule has 164 valence electrons. The number of nitrogens with two attached hydrogens (primary N) is 1. The number of aromatic amines is 1. The van der Waals surface area contributed by atoms with E-state index in [-0.39, 0.29) is 11.6 Å². The van der Waals surface area contributed by atoms with Gasteiger partial charge in [-0.2, -0.15) is 0 Å². The Balaban J connectivity index is 2.14. The van der Waals surface area contributed by atoms with E-state index in [0.29, 0.717) is 29.3 Å². The lowest BCUT2D eigenvalue weighted by Crippen LogP contribution is -2.20. The number of ether oxygens (including phenoxy) is 2. The minimum Gasteiger partial charge on any atom is -0.497 e. The Bertz CT molecular complexity index is 1050. The van der Waals surface area contributed by atoms with Gasteiger partial charge in [-0.05, 0) is 47.9 Å². The summed E-state index contributed by atoms with van der Waals surface area (Å²) in [7, 11) is 3.14. The third-order valence-corrected chi connectivity index (χ3v) is 6.23. The van der Waals surface area contributed by atoms with Crippen molar-refractivity contribution in [2.45, 2.75) is 31.8 Å². The van der Waals surface area contributed by atoms with Crippen LogP contribution in [0.2, 0.25) is 0 Å². The smallest absolute Gasteiger partial charge is 0.330 e. The lowest BCUT2D eigenvalue weighted by Gasteiger charge is -2.19. The van der Waals surface area contributed by atoms with Gasteiger partial charge in [0.15, 0.2) is 0 Å². The topological polar surface area (TPSA) is 122 Å². The summed E-state index contributed by atoms with van der Waals surface area (Å²) >= 11 is 1.31. The van der Waals surface area contributed by atoms with Crippen molar-refractivity contribution in [1.82, 2.24) is 0 Å². The predicted octanol–water partition coefficient (Wildman–Crippen LogP) is 3.89. The van der Waals surface area contributed by atoms with Crippen molar-refractivity contribution in [2.75, 3.05) is 20.0 Å². The third-order valence-electron chi connectivity index (χ3n) is 5.20. The molecule has 2 unspecified atom stereocenters. The number of aliphatic hydroxyl groups is 1. The van der Waals surface area contributed by atoms with Crippen LogP contribution in [-0.4, -0.2) is 24.2 Å². The van der Waals surface area contributed by atoms with Gasteiger partial charge in [-0.3, -0.25) is 15.8 Å². The Labute approximate surface area is 184 Å². The number of non-ortho nitro benzene ring substituents is 1. The average Bonchev–Trinajstić information content (AvgIpc) is 3.18. The van der Waals surface area contributed by atoms with E-state index in [4.69, 9.17) is 15.2 Å². The van der Waals surface area contributed by atoms with Gasteiger partial charge in [0.25, 0.3) is 5.69 Å². The maximum Gasteiger partial charge on any atom is 0.330 e. The second kappa shape index (κ2) is 9.76. The van der Waals surface area contributed by atoms with Gasteiger partial charge in [-0.15, -0.1) is 0 Å². The minimum atomic E-state index is -0.665. The van der Waals surface area contributed by atoms with Crippen molar-refractivity contribution < 1.29 is 24.5 Å². The highest BCUT2D eigenvalue weighted by Crippen LogP contribution is 2.38. The zero-order chi connectivity index (χ0) is 22.5. The Morgan fingerprint density at radius 2 is 1.90 bits per heavy atom. The van der Waals surface area contributed by atoms with E-state index < -0.39 is 11.0 Å². The minimum absolute atomic E-state index is 0.00749. The lowest BCUT2D eigenvalue weighted by molar-refractivity contribution is -0.385. The van der Waals surface area contributed by atoms with Crippen LogP contribution in [0.3, 0.4) is 0 Å². The van der Waals surface area contributed by atoms with Gasteiger partial charge in [0.05, 0.1) is 36.0 Å². The first kappa shape index (κ1) is 22.5.